The third-order valence-corrected chi connectivity index (χ3v) is 15.1. The van der Waals surface area contributed by atoms with Crippen molar-refractivity contribution in [2.75, 3.05) is 23.4 Å². The predicted molar refractivity (Wildman–Crippen MR) is 285 cm³/mol. The second-order valence-electron chi connectivity index (χ2n) is 16.8. The Morgan fingerprint density at radius 1 is 0.506 bits per heavy atom. The van der Waals surface area contributed by atoms with Crippen LogP contribution in [0.2, 0.25) is 0 Å². The molecule has 0 fully saturated rings. The lowest BCUT2D eigenvalue weighted by Gasteiger charge is -2.11. The number of benzene rings is 9. The van der Waals surface area contributed by atoms with Gasteiger partial charge < -0.3 is 20.9 Å². The first-order valence-corrected chi connectivity index (χ1v) is 28.2. The van der Waals surface area contributed by atoms with Crippen LogP contribution >= 0.6 is 0 Å². The van der Waals surface area contributed by atoms with E-state index < -0.39 is 78.3 Å². The molecule has 9 rings (SSSR count). The van der Waals surface area contributed by atoms with E-state index in [-0.39, 0.29) is 74.0 Å². The minimum absolute atomic E-state index is 0.00257. The molecule has 23 nitrogen and oxygen atoms in total. The first-order valence-electron chi connectivity index (χ1n) is 22.3. The maximum absolute atomic E-state index is 12.9. The summed E-state index contributed by atoms with van der Waals surface area (Å²) < 4.78 is 143. The van der Waals surface area contributed by atoms with Crippen molar-refractivity contribution >= 4 is 135 Å². The molecule has 0 aliphatic carbocycles. The molecule has 0 spiro atoms. The van der Waals surface area contributed by atoms with Gasteiger partial charge in [-0.2, -0.15) is 33.7 Å². The highest BCUT2D eigenvalue weighted by atomic mass is 32.2. The molecular formula is C50H38N8O15S4. The Bertz CT molecular complexity index is 4480. The third kappa shape index (κ3) is 11.9. The number of phenolic OH excluding ortho intramolecular Hbond substituents is 1. The summed E-state index contributed by atoms with van der Waals surface area (Å²) in [5, 5.41) is 41.7. The number of hydrogen-bond donors (Lipinski definition) is 7. The average Bonchev–Trinajstić information content (AvgIpc) is 3.38. The minimum atomic E-state index is -5.14. The summed E-state index contributed by atoms with van der Waals surface area (Å²) in [6.45, 7) is -0.00257. The number of ether oxygens (including phenoxy) is 1. The lowest BCUT2D eigenvalue weighted by Crippen LogP contribution is -2.11. The number of nitrogens with zero attached hydrogens (tertiary/aromatic N) is 6. The Morgan fingerprint density at radius 3 is 1.51 bits per heavy atom. The number of hydrogen-bond acceptors (Lipinski definition) is 18. The van der Waals surface area contributed by atoms with Crippen LogP contribution in [0.1, 0.15) is 16.8 Å². The number of anilines is 2. The molecule has 9 aromatic carbocycles. The summed E-state index contributed by atoms with van der Waals surface area (Å²) in [4.78, 5) is 10.9. The van der Waals surface area contributed by atoms with Crippen LogP contribution in [0.25, 0.3) is 43.1 Å². The monoisotopic (exact) mass is 1120 g/mol. The van der Waals surface area contributed by atoms with Crippen molar-refractivity contribution in [2.45, 2.75) is 21.1 Å². The molecule has 77 heavy (non-hydrogen) atoms. The molecular weight excluding hydrogens is 1080 g/mol. The fraction of sp³-hybridized carbons (Fsp3) is 0.0600. The zero-order valence-electron chi connectivity index (χ0n) is 39.2. The number of fused-ring (bicyclic) bond motifs is 4. The molecule has 27 heteroatoms. The molecule has 9 aromatic rings. The molecule has 0 saturated heterocycles. The average molecular weight is 1120 g/mol. The highest BCUT2D eigenvalue weighted by molar-refractivity contribution is 7.86. The van der Waals surface area contributed by atoms with Gasteiger partial charge in [0.25, 0.3) is 46.4 Å². The van der Waals surface area contributed by atoms with E-state index in [1.165, 1.54) is 78.9 Å². The van der Waals surface area contributed by atoms with Crippen LogP contribution in [0.5, 0.6) is 11.5 Å². The largest absolute Gasteiger partial charge is 0.505 e. The van der Waals surface area contributed by atoms with Crippen LogP contribution in [-0.2, 0) is 40.5 Å². The number of nitrogens with one attached hydrogen (secondary N) is 1. The maximum atomic E-state index is 12.9. The minimum Gasteiger partial charge on any atom is -0.505 e. The Balaban J connectivity index is 1.07. The van der Waals surface area contributed by atoms with E-state index in [0.29, 0.717) is 33.3 Å². The van der Waals surface area contributed by atoms with Gasteiger partial charge in [-0.3, -0.25) is 23.0 Å². The Kier molecular flexibility index (Phi) is 14.4. The molecule has 0 aliphatic rings. The molecule has 8 N–H and O–H groups in total. The van der Waals surface area contributed by atoms with E-state index in [2.05, 4.69) is 36.0 Å². The summed E-state index contributed by atoms with van der Waals surface area (Å²) in [6.07, 6.45) is 0.0388. The van der Waals surface area contributed by atoms with Crippen molar-refractivity contribution in [1.82, 2.24) is 0 Å². The number of carbonyl (C=O) groups excluding carboxylic acids is 1. The standard InChI is InChI=1S/C50H38N8O15S4/c51-30-8-6-28(7-9-30)50(60)52-31-10-13-34-29(24-31)25-47(77(70,71)72)48(49(34)59)58-57-45-19-17-42(37-15-12-33(27-40(37)45)76(67,68)69)54-56-44-18-16-41(36-14-11-32(26-39(36)44)75(64,65)66)53-55-43-20-21-46(38-5-2-1-4-35(38)43)73-22-3-23-74(61,62)63/h1-2,4-21,24-27,59H,3,22-23,51H2,(H,52,60)(H,61,62,63)(H,64,65,66)(H,67,68,69)(H,70,71,72). The Morgan fingerprint density at radius 2 is 0.987 bits per heavy atom. The molecule has 392 valence electrons. The van der Waals surface area contributed by atoms with E-state index in [9.17, 15) is 57.2 Å². The van der Waals surface area contributed by atoms with Crippen molar-refractivity contribution in [2.24, 2.45) is 30.7 Å². The summed E-state index contributed by atoms with van der Waals surface area (Å²) in [6, 6.07) is 34.1. The fourth-order valence-electron chi connectivity index (χ4n) is 8.03. The molecule has 1 amide bonds. The van der Waals surface area contributed by atoms with E-state index in [1.54, 1.807) is 36.4 Å². The highest BCUT2D eigenvalue weighted by Crippen LogP contribution is 2.44. The van der Waals surface area contributed by atoms with Crippen LogP contribution in [0.4, 0.5) is 45.5 Å². The number of rotatable bonds is 16. The number of phenols is 1. The fourth-order valence-corrected chi connectivity index (χ4v) is 10.2. The summed E-state index contributed by atoms with van der Waals surface area (Å²) in [5.41, 5.74) is 6.46. The predicted octanol–water partition coefficient (Wildman–Crippen LogP) is 11.5. The van der Waals surface area contributed by atoms with E-state index in [0.717, 1.165) is 30.3 Å². The van der Waals surface area contributed by atoms with Gasteiger partial charge in [0.15, 0.2) is 5.75 Å². The van der Waals surface area contributed by atoms with Crippen LogP contribution in [-0.4, -0.2) is 75.3 Å². The van der Waals surface area contributed by atoms with Crippen molar-refractivity contribution in [3.8, 4) is 11.5 Å². The summed E-state index contributed by atoms with van der Waals surface area (Å²) in [7, 11) is -18.9. The molecule has 0 saturated carbocycles. The van der Waals surface area contributed by atoms with Crippen molar-refractivity contribution in [1.29, 1.82) is 0 Å². The van der Waals surface area contributed by atoms with E-state index in [1.807, 2.05) is 0 Å². The normalized spacial score (nSPS) is 12.7. The Labute approximate surface area is 437 Å². The highest BCUT2D eigenvalue weighted by Gasteiger charge is 2.24. The quantitative estimate of drug-likeness (QED) is 0.0204. The van der Waals surface area contributed by atoms with Crippen LogP contribution in [0.15, 0.2) is 191 Å². The number of carbonyl (C=O) groups is 1. The SMILES string of the molecule is Nc1ccc(C(=O)Nc2ccc3c(O)c(N=Nc4ccc(N=Nc5ccc(N=Nc6ccc(OCCCS(=O)(=O)O)c7ccccc67)c6ccc(S(=O)(=O)O)cc56)c5ccc(S(=O)(=O)O)cc45)c(S(=O)(=O)O)cc3c2)cc1. The second kappa shape index (κ2) is 20.8. The van der Waals surface area contributed by atoms with Gasteiger partial charge in [-0.25, -0.2) is 0 Å². The van der Waals surface area contributed by atoms with Gasteiger partial charge >= 0.3 is 0 Å². The molecule has 0 bridgehead atoms. The molecule has 0 atom stereocenters. The first kappa shape index (κ1) is 53.2. The number of amides is 1. The summed E-state index contributed by atoms with van der Waals surface area (Å²) >= 11 is 0. The molecule has 0 aromatic heterocycles. The van der Waals surface area contributed by atoms with Crippen molar-refractivity contribution in [3.05, 3.63) is 151 Å². The van der Waals surface area contributed by atoms with Gasteiger partial charge in [-0.05, 0) is 121 Å². The smallest absolute Gasteiger partial charge is 0.296 e. The van der Waals surface area contributed by atoms with Gasteiger partial charge in [0.05, 0.1) is 50.6 Å². The lowest BCUT2D eigenvalue weighted by atomic mass is 10.1. The molecule has 0 heterocycles. The first-order chi connectivity index (χ1) is 36.4. The third-order valence-electron chi connectivity index (χ3n) is 11.7. The lowest BCUT2D eigenvalue weighted by molar-refractivity contribution is 0.102. The van der Waals surface area contributed by atoms with Gasteiger partial charge in [0.1, 0.15) is 16.3 Å². The van der Waals surface area contributed by atoms with Gasteiger partial charge in [-0.15, -0.1) is 30.7 Å². The van der Waals surface area contributed by atoms with Crippen molar-refractivity contribution in [3.63, 3.8) is 0 Å². The summed E-state index contributed by atoms with van der Waals surface area (Å²) in [5.74, 6) is -1.33. The Hall–Kier alpha value is -8.67. The van der Waals surface area contributed by atoms with Crippen molar-refractivity contribution < 1.29 is 66.5 Å². The van der Waals surface area contributed by atoms with Gasteiger partial charge in [0, 0.05) is 54.6 Å². The second-order valence-corrected chi connectivity index (χ2v) is 22.7. The van der Waals surface area contributed by atoms with Gasteiger partial charge in [-0.1, -0.05) is 36.4 Å². The number of azo groups is 3. The molecule has 0 unspecified atom stereocenters. The molecule has 0 radical (unpaired) electrons. The zero-order chi connectivity index (χ0) is 55.0. The number of aromatic hydroxyl groups is 1. The topological polar surface area (TPSA) is 376 Å². The van der Waals surface area contributed by atoms with Crippen LogP contribution in [0, 0.1) is 0 Å². The number of nitrogen functional groups attached to an aromatic ring is 1. The van der Waals surface area contributed by atoms with Gasteiger partial charge in [0.2, 0.25) is 0 Å². The van der Waals surface area contributed by atoms with Crippen LogP contribution < -0.4 is 15.8 Å². The van der Waals surface area contributed by atoms with E-state index >= 15 is 0 Å². The number of nitrogens with two attached hydrogens (primary N) is 1. The maximum Gasteiger partial charge on any atom is 0.296 e. The van der Waals surface area contributed by atoms with E-state index in [4.69, 9.17) is 15.0 Å². The zero-order valence-corrected chi connectivity index (χ0v) is 42.5. The molecule has 0 aliphatic heterocycles. The van der Waals surface area contributed by atoms with Crippen LogP contribution in [0.3, 0.4) is 0 Å².